The Morgan fingerprint density at radius 2 is 1.91 bits per heavy atom. The highest BCUT2D eigenvalue weighted by Gasteiger charge is 2.21. The Bertz CT molecular complexity index is 744. The molecule has 1 atom stereocenters. The van der Waals surface area contributed by atoms with Crippen LogP contribution in [-0.4, -0.2) is 16.9 Å². The molecule has 0 bridgehead atoms. The monoisotopic (exact) mass is 362 g/mol. The second-order valence-electron chi connectivity index (χ2n) is 4.41. The van der Waals surface area contributed by atoms with Gasteiger partial charge >= 0.3 is 0 Å². The zero-order valence-corrected chi connectivity index (χ0v) is 14.1. The number of rotatable bonds is 5. The molecule has 1 heterocycles. The lowest BCUT2D eigenvalue weighted by molar-refractivity contribution is -0.304. The van der Waals surface area contributed by atoms with Crippen molar-refractivity contribution in [1.29, 1.82) is 0 Å². The molecule has 0 saturated carbocycles. The van der Waals surface area contributed by atoms with E-state index in [2.05, 4.69) is 16.6 Å². The van der Waals surface area contributed by atoms with Crippen molar-refractivity contribution in [2.45, 2.75) is 13.0 Å². The number of aromatic nitrogens is 2. The van der Waals surface area contributed by atoms with Crippen LogP contribution < -0.4 is 5.56 Å². The summed E-state index contributed by atoms with van der Waals surface area (Å²) in [5.74, 6) is 0. The predicted octanol–water partition coefficient (Wildman–Crippen LogP) is 4.41. The number of benzene rings is 1. The van der Waals surface area contributed by atoms with Gasteiger partial charge in [-0.15, -0.1) is 0 Å². The molecular weight excluding hydrogens is 351 g/mol. The number of halogens is 3. The van der Waals surface area contributed by atoms with E-state index in [0.717, 1.165) is 0 Å². The van der Waals surface area contributed by atoms with Crippen LogP contribution in [0.3, 0.4) is 0 Å². The summed E-state index contributed by atoms with van der Waals surface area (Å²) >= 11 is 18.2. The Morgan fingerprint density at radius 1 is 1.32 bits per heavy atom. The molecule has 1 unspecified atom stereocenters. The molecule has 1 N–H and O–H groups in total. The first-order valence-electron chi connectivity index (χ1n) is 6.22. The van der Waals surface area contributed by atoms with E-state index < -0.39 is 6.10 Å². The van der Waals surface area contributed by atoms with Crippen LogP contribution in [0.5, 0.6) is 0 Å². The zero-order valence-electron chi connectivity index (χ0n) is 11.8. The van der Waals surface area contributed by atoms with Crippen LogP contribution >= 0.6 is 34.8 Å². The fraction of sp³-hybridized carbons (Fsp3) is 0.214. The average Bonchev–Trinajstić information content (AvgIpc) is 2.75. The molecule has 0 spiro atoms. The van der Waals surface area contributed by atoms with Gasteiger partial charge in [-0.2, -0.15) is 0 Å². The van der Waals surface area contributed by atoms with Gasteiger partial charge in [0.15, 0.2) is 0 Å². The van der Waals surface area contributed by atoms with E-state index in [1.54, 1.807) is 6.92 Å². The summed E-state index contributed by atoms with van der Waals surface area (Å²) in [4.78, 5) is 22.2. The lowest BCUT2D eigenvalue weighted by atomic mass is 10.2. The van der Waals surface area contributed by atoms with E-state index in [0.29, 0.717) is 22.0 Å². The second-order valence-corrected chi connectivity index (χ2v) is 5.66. The van der Waals surface area contributed by atoms with Crippen LogP contribution in [0, 0.1) is 0 Å². The van der Waals surface area contributed by atoms with Crippen molar-refractivity contribution < 1.29 is 9.78 Å². The number of hydrogen-bond donors (Lipinski definition) is 1. The van der Waals surface area contributed by atoms with Gasteiger partial charge in [-0.05, 0) is 19.1 Å². The molecule has 0 aliphatic rings. The molecule has 2 rings (SSSR count). The number of hydrogen-bond acceptors (Lipinski definition) is 3. The van der Waals surface area contributed by atoms with Gasteiger partial charge in [-0.1, -0.05) is 47.5 Å². The van der Waals surface area contributed by atoms with Gasteiger partial charge in [0, 0.05) is 5.02 Å². The topological polar surface area (TPSA) is 56.2 Å². The molecule has 22 heavy (non-hydrogen) atoms. The lowest BCUT2D eigenvalue weighted by Crippen LogP contribution is -2.16. The molecule has 0 aliphatic carbocycles. The fourth-order valence-corrected chi connectivity index (χ4v) is 3.06. The van der Waals surface area contributed by atoms with Crippen LogP contribution in [-0.2, 0) is 9.78 Å². The van der Waals surface area contributed by atoms with E-state index in [9.17, 15) is 4.79 Å². The Balaban J connectivity index is 2.68. The minimum atomic E-state index is -0.517. The quantitative estimate of drug-likeness (QED) is 0.632. The van der Waals surface area contributed by atoms with Crippen LogP contribution in [0.2, 0.25) is 15.1 Å². The summed E-state index contributed by atoms with van der Waals surface area (Å²) in [7, 11) is 1.38. The molecule has 0 saturated heterocycles. The van der Waals surface area contributed by atoms with Crippen LogP contribution in [0.1, 0.15) is 24.3 Å². The van der Waals surface area contributed by atoms with Gasteiger partial charge in [0.2, 0.25) is 0 Å². The largest absolute Gasteiger partial charge is 0.292 e. The molecule has 0 fully saturated rings. The summed E-state index contributed by atoms with van der Waals surface area (Å²) in [5.41, 5.74) is 0.773. The number of aromatic amines is 1. The minimum Gasteiger partial charge on any atom is -0.292 e. The molecule has 2 aromatic rings. The summed E-state index contributed by atoms with van der Waals surface area (Å²) in [6.45, 7) is 5.36. The Labute approximate surface area is 141 Å². The van der Waals surface area contributed by atoms with Crippen molar-refractivity contribution in [3.05, 3.63) is 55.4 Å². The molecule has 5 nitrogen and oxygen atoms in total. The smallest absolute Gasteiger partial charge is 0.278 e. The Kier molecular flexibility index (Phi) is 5.36. The van der Waals surface area contributed by atoms with Gasteiger partial charge in [0.25, 0.3) is 5.56 Å². The van der Waals surface area contributed by atoms with Gasteiger partial charge in [0.1, 0.15) is 11.8 Å². The fourth-order valence-electron chi connectivity index (χ4n) is 2.07. The molecule has 0 aliphatic heterocycles. The summed E-state index contributed by atoms with van der Waals surface area (Å²) in [6.07, 6.45) is 0.912. The van der Waals surface area contributed by atoms with E-state index in [4.69, 9.17) is 39.7 Å². The molecule has 0 radical (unpaired) electrons. The van der Waals surface area contributed by atoms with Crippen molar-refractivity contribution in [3.63, 3.8) is 0 Å². The first-order valence-corrected chi connectivity index (χ1v) is 7.35. The maximum absolute atomic E-state index is 12.5. The van der Waals surface area contributed by atoms with E-state index >= 15 is 0 Å². The normalized spacial score (nSPS) is 12.4. The third-order valence-corrected chi connectivity index (χ3v) is 3.81. The van der Waals surface area contributed by atoms with E-state index in [-0.39, 0.29) is 15.6 Å². The SMILES string of the molecule is C=Cc1c(C(C)OOC)[nH]n(-c2c(Cl)cc(Cl)cc2Cl)c1=O. The Hall–Kier alpha value is -1.24. The Morgan fingerprint density at radius 3 is 2.41 bits per heavy atom. The van der Waals surface area contributed by atoms with Gasteiger partial charge in [-0.25, -0.2) is 14.5 Å². The standard InChI is InChI=1S/C14H13Cl3N2O3/c1-4-9-12(7(2)22-21-3)18-19(14(9)20)13-10(16)5-8(15)6-11(13)17/h4-7,18H,1H2,2-3H3. The maximum atomic E-state index is 12.5. The summed E-state index contributed by atoms with van der Waals surface area (Å²) in [5, 5.41) is 3.77. The van der Waals surface area contributed by atoms with Crippen molar-refractivity contribution in [2.24, 2.45) is 0 Å². The highest BCUT2D eigenvalue weighted by atomic mass is 35.5. The third kappa shape index (κ3) is 3.09. The predicted molar refractivity (Wildman–Crippen MR) is 88.0 cm³/mol. The first-order chi connectivity index (χ1) is 10.4. The van der Waals surface area contributed by atoms with Gasteiger partial charge in [0.05, 0.1) is 28.4 Å². The molecule has 1 aromatic carbocycles. The third-order valence-electron chi connectivity index (χ3n) is 3.01. The highest BCUT2D eigenvalue weighted by molar-refractivity contribution is 6.40. The first kappa shape index (κ1) is 17.1. The van der Waals surface area contributed by atoms with Crippen LogP contribution in [0.15, 0.2) is 23.5 Å². The summed E-state index contributed by atoms with van der Waals surface area (Å²) in [6, 6.07) is 3.00. The molecular formula is C14H13Cl3N2O3. The lowest BCUT2D eigenvalue weighted by Gasteiger charge is -2.10. The van der Waals surface area contributed by atoms with Gasteiger partial charge < -0.3 is 0 Å². The van der Waals surface area contributed by atoms with Crippen molar-refractivity contribution in [3.8, 4) is 5.69 Å². The number of H-pyrrole nitrogens is 1. The molecule has 8 heteroatoms. The zero-order chi connectivity index (χ0) is 16.4. The van der Waals surface area contributed by atoms with Crippen molar-refractivity contribution in [2.75, 3.05) is 7.11 Å². The van der Waals surface area contributed by atoms with Crippen molar-refractivity contribution >= 4 is 40.9 Å². The number of nitrogens with zero attached hydrogens (tertiary/aromatic N) is 1. The molecule has 118 valence electrons. The van der Waals surface area contributed by atoms with Crippen molar-refractivity contribution in [1.82, 2.24) is 9.78 Å². The van der Waals surface area contributed by atoms with Gasteiger partial charge in [-0.3, -0.25) is 9.89 Å². The van der Waals surface area contributed by atoms with E-state index in [1.807, 2.05) is 0 Å². The maximum Gasteiger partial charge on any atom is 0.278 e. The second kappa shape index (κ2) is 6.89. The van der Waals surface area contributed by atoms with Crippen LogP contribution in [0.25, 0.3) is 11.8 Å². The number of nitrogens with one attached hydrogen (secondary N) is 1. The minimum absolute atomic E-state index is 0.239. The average molecular weight is 364 g/mol. The van der Waals surface area contributed by atoms with E-state index in [1.165, 1.54) is 30.0 Å². The molecule has 0 amide bonds. The molecule has 1 aromatic heterocycles. The highest BCUT2D eigenvalue weighted by Crippen LogP contribution is 2.32. The van der Waals surface area contributed by atoms with Crippen LogP contribution in [0.4, 0.5) is 0 Å². The summed E-state index contributed by atoms with van der Waals surface area (Å²) < 4.78 is 1.23.